The van der Waals surface area contributed by atoms with E-state index in [2.05, 4.69) is 58.6 Å². The summed E-state index contributed by atoms with van der Waals surface area (Å²) in [5.41, 5.74) is 6.63. The number of nitrogens with one attached hydrogen (secondary N) is 1. The summed E-state index contributed by atoms with van der Waals surface area (Å²) in [6, 6.07) is 14.7. The van der Waals surface area contributed by atoms with E-state index in [0.29, 0.717) is 0 Å². The van der Waals surface area contributed by atoms with Gasteiger partial charge in [-0.15, -0.1) is 0 Å². The van der Waals surface area contributed by atoms with Crippen molar-refractivity contribution < 1.29 is 4.74 Å². The first-order valence-corrected chi connectivity index (χ1v) is 7.78. The van der Waals surface area contributed by atoms with Gasteiger partial charge in [0.15, 0.2) is 0 Å². The normalized spacial score (nSPS) is 12.2. The van der Waals surface area contributed by atoms with Crippen molar-refractivity contribution in [1.29, 1.82) is 0 Å². The zero-order valence-corrected chi connectivity index (χ0v) is 14.0. The highest BCUT2D eigenvalue weighted by molar-refractivity contribution is 9.10. The minimum atomic E-state index is 0.142. The van der Waals surface area contributed by atoms with Gasteiger partial charge in [-0.3, -0.25) is 11.3 Å². The van der Waals surface area contributed by atoms with Crippen molar-refractivity contribution in [2.24, 2.45) is 5.84 Å². The third-order valence-electron chi connectivity index (χ3n) is 3.55. The van der Waals surface area contributed by atoms with Crippen LogP contribution >= 0.6 is 15.9 Å². The lowest BCUT2D eigenvalue weighted by atomic mass is 9.98. The number of hydrazine groups is 1. The number of aryl methyl sites for hydroxylation is 2. The van der Waals surface area contributed by atoms with Gasteiger partial charge in [0.05, 0.1) is 7.11 Å². The van der Waals surface area contributed by atoms with Crippen molar-refractivity contribution in [3.05, 3.63) is 63.6 Å². The second-order valence-electron chi connectivity index (χ2n) is 5.17. The maximum atomic E-state index is 5.73. The molecule has 2 aromatic rings. The first-order chi connectivity index (χ1) is 10.1. The third-order valence-corrected chi connectivity index (χ3v) is 4.01. The minimum absolute atomic E-state index is 0.142. The Morgan fingerprint density at radius 1 is 1.19 bits per heavy atom. The van der Waals surface area contributed by atoms with E-state index < -0.39 is 0 Å². The molecule has 1 atom stereocenters. The molecule has 0 aliphatic rings. The molecule has 3 nitrogen and oxygen atoms in total. The Morgan fingerprint density at radius 3 is 2.48 bits per heavy atom. The Morgan fingerprint density at radius 2 is 1.90 bits per heavy atom. The largest absolute Gasteiger partial charge is 0.497 e. The Bertz CT molecular complexity index is 564. The molecule has 2 rings (SSSR count). The Kier molecular flexibility index (Phi) is 5.79. The van der Waals surface area contributed by atoms with Crippen molar-refractivity contribution in [3.8, 4) is 5.75 Å². The molecule has 0 amide bonds. The van der Waals surface area contributed by atoms with E-state index in [4.69, 9.17) is 10.6 Å². The number of halogens is 1. The second-order valence-corrected chi connectivity index (χ2v) is 6.08. The highest BCUT2D eigenvalue weighted by Gasteiger charge is 2.11. The van der Waals surface area contributed by atoms with E-state index in [0.717, 1.165) is 23.1 Å². The Hall–Kier alpha value is -1.36. The number of nitrogens with two attached hydrogens (primary N) is 1. The van der Waals surface area contributed by atoms with Crippen molar-refractivity contribution in [3.63, 3.8) is 0 Å². The molecule has 0 spiro atoms. The predicted octanol–water partition coefficient (Wildman–Crippen LogP) is 3.90. The summed E-state index contributed by atoms with van der Waals surface area (Å²) in [7, 11) is 1.68. The van der Waals surface area contributed by atoms with Crippen LogP contribution in [0.2, 0.25) is 0 Å². The fourth-order valence-corrected chi connectivity index (χ4v) is 3.04. The highest BCUT2D eigenvalue weighted by atomic mass is 79.9. The molecule has 2 aromatic carbocycles. The molecule has 0 heterocycles. The molecule has 0 bridgehead atoms. The van der Waals surface area contributed by atoms with Crippen molar-refractivity contribution in [2.75, 3.05) is 7.11 Å². The number of methoxy groups -OCH3 is 1. The van der Waals surface area contributed by atoms with Crippen LogP contribution in [0.5, 0.6) is 5.75 Å². The van der Waals surface area contributed by atoms with Crippen LogP contribution in [-0.4, -0.2) is 7.11 Å². The maximum absolute atomic E-state index is 5.73. The van der Waals surface area contributed by atoms with Gasteiger partial charge in [0, 0.05) is 10.5 Å². The van der Waals surface area contributed by atoms with Crippen LogP contribution in [0.15, 0.2) is 46.9 Å². The van der Waals surface area contributed by atoms with Gasteiger partial charge < -0.3 is 4.74 Å². The van der Waals surface area contributed by atoms with Crippen LogP contribution in [0.4, 0.5) is 0 Å². The maximum Gasteiger partial charge on any atom is 0.118 e. The summed E-state index contributed by atoms with van der Waals surface area (Å²) >= 11 is 3.54. The van der Waals surface area contributed by atoms with E-state index in [-0.39, 0.29) is 6.04 Å². The van der Waals surface area contributed by atoms with Crippen LogP contribution in [-0.2, 0) is 6.42 Å². The summed E-state index contributed by atoms with van der Waals surface area (Å²) in [5.74, 6) is 6.61. The van der Waals surface area contributed by atoms with E-state index in [9.17, 15) is 0 Å². The molecular formula is C17H21BrN2O. The van der Waals surface area contributed by atoms with Crippen LogP contribution in [0.3, 0.4) is 0 Å². The third kappa shape index (κ3) is 4.56. The molecule has 1 unspecified atom stereocenters. The SMILES string of the molecule is COc1ccc(CCC(NN)c2cc(C)cc(Br)c2)cc1. The molecule has 0 aromatic heterocycles. The van der Waals surface area contributed by atoms with Crippen LogP contribution in [0, 0.1) is 6.92 Å². The standard InChI is InChI=1S/C17H21BrN2O/c1-12-9-14(11-15(18)10-12)17(20-19)8-5-13-3-6-16(21-2)7-4-13/h3-4,6-7,9-11,17,20H,5,8,19H2,1-2H3. The summed E-state index contributed by atoms with van der Waals surface area (Å²) in [6.07, 6.45) is 1.91. The minimum Gasteiger partial charge on any atom is -0.497 e. The van der Waals surface area contributed by atoms with Gasteiger partial charge >= 0.3 is 0 Å². The number of ether oxygens (including phenoxy) is 1. The molecule has 112 valence electrons. The molecule has 0 fully saturated rings. The van der Waals surface area contributed by atoms with Crippen molar-refractivity contribution in [1.82, 2.24) is 5.43 Å². The fraction of sp³-hybridized carbons (Fsp3) is 0.294. The Balaban J connectivity index is 2.04. The van der Waals surface area contributed by atoms with E-state index in [1.54, 1.807) is 7.11 Å². The molecule has 0 radical (unpaired) electrons. The van der Waals surface area contributed by atoms with Gasteiger partial charge in [-0.25, -0.2) is 0 Å². The van der Waals surface area contributed by atoms with Crippen LogP contribution < -0.4 is 16.0 Å². The van der Waals surface area contributed by atoms with E-state index in [1.807, 2.05) is 12.1 Å². The number of benzene rings is 2. The molecule has 3 N–H and O–H groups in total. The smallest absolute Gasteiger partial charge is 0.118 e. The first-order valence-electron chi connectivity index (χ1n) is 6.98. The average molecular weight is 349 g/mol. The average Bonchev–Trinajstić information content (AvgIpc) is 2.47. The lowest BCUT2D eigenvalue weighted by Crippen LogP contribution is -2.28. The predicted molar refractivity (Wildman–Crippen MR) is 90.3 cm³/mol. The number of hydrogen-bond donors (Lipinski definition) is 2. The van der Waals surface area contributed by atoms with Crippen LogP contribution in [0.1, 0.15) is 29.2 Å². The summed E-state index contributed by atoms with van der Waals surface area (Å²) < 4.78 is 6.26. The molecule has 0 aliphatic carbocycles. The first kappa shape index (κ1) is 16.0. The zero-order chi connectivity index (χ0) is 15.2. The summed E-state index contributed by atoms with van der Waals surface area (Å²) in [5, 5.41) is 0. The summed E-state index contributed by atoms with van der Waals surface area (Å²) in [4.78, 5) is 0. The van der Waals surface area contributed by atoms with Gasteiger partial charge in [-0.2, -0.15) is 0 Å². The molecular weight excluding hydrogens is 328 g/mol. The van der Waals surface area contributed by atoms with Crippen molar-refractivity contribution >= 4 is 15.9 Å². The molecule has 21 heavy (non-hydrogen) atoms. The lowest BCUT2D eigenvalue weighted by Gasteiger charge is -2.17. The van der Waals surface area contributed by atoms with Gasteiger partial charge in [0.1, 0.15) is 5.75 Å². The molecule has 0 saturated heterocycles. The zero-order valence-electron chi connectivity index (χ0n) is 12.4. The fourth-order valence-electron chi connectivity index (χ4n) is 2.42. The second kappa shape index (κ2) is 7.59. The van der Waals surface area contributed by atoms with Crippen molar-refractivity contribution in [2.45, 2.75) is 25.8 Å². The topological polar surface area (TPSA) is 47.3 Å². The van der Waals surface area contributed by atoms with E-state index >= 15 is 0 Å². The van der Waals surface area contributed by atoms with Gasteiger partial charge in [-0.1, -0.05) is 34.1 Å². The lowest BCUT2D eigenvalue weighted by molar-refractivity contribution is 0.414. The highest BCUT2D eigenvalue weighted by Crippen LogP contribution is 2.24. The van der Waals surface area contributed by atoms with E-state index in [1.165, 1.54) is 16.7 Å². The number of rotatable bonds is 6. The number of hydrogen-bond acceptors (Lipinski definition) is 3. The quantitative estimate of drug-likeness (QED) is 0.614. The summed E-state index contributed by atoms with van der Waals surface area (Å²) in [6.45, 7) is 2.09. The van der Waals surface area contributed by atoms with Gasteiger partial charge in [0.2, 0.25) is 0 Å². The monoisotopic (exact) mass is 348 g/mol. The molecule has 0 aliphatic heterocycles. The Labute approximate surface area is 134 Å². The molecule has 4 heteroatoms. The van der Waals surface area contributed by atoms with Gasteiger partial charge in [0.25, 0.3) is 0 Å². The van der Waals surface area contributed by atoms with Crippen LogP contribution in [0.25, 0.3) is 0 Å². The van der Waals surface area contributed by atoms with Gasteiger partial charge in [-0.05, 0) is 60.7 Å². The molecule has 0 saturated carbocycles.